The lowest BCUT2D eigenvalue weighted by Gasteiger charge is -1.97. The SMILES string of the molecule is O=C(O)c1coc(-c2ccc(Cl)cc2F)n1. The lowest BCUT2D eigenvalue weighted by Crippen LogP contribution is -1.95. The molecule has 4 nitrogen and oxygen atoms in total. The van der Waals surface area contributed by atoms with E-state index in [2.05, 4.69) is 4.98 Å². The highest BCUT2D eigenvalue weighted by Gasteiger charge is 2.15. The fourth-order valence-electron chi connectivity index (χ4n) is 1.16. The molecule has 0 radical (unpaired) electrons. The van der Waals surface area contributed by atoms with E-state index in [-0.39, 0.29) is 22.2 Å². The van der Waals surface area contributed by atoms with Crippen molar-refractivity contribution in [1.82, 2.24) is 4.98 Å². The number of aromatic nitrogens is 1. The lowest BCUT2D eigenvalue weighted by atomic mass is 10.2. The maximum absolute atomic E-state index is 13.4. The number of nitrogens with zero attached hydrogens (tertiary/aromatic N) is 1. The minimum Gasteiger partial charge on any atom is -0.476 e. The fourth-order valence-corrected chi connectivity index (χ4v) is 1.32. The summed E-state index contributed by atoms with van der Waals surface area (Å²) in [6, 6.07) is 3.93. The third kappa shape index (κ3) is 1.90. The number of aromatic carboxylic acids is 1. The molecule has 0 atom stereocenters. The Morgan fingerprint density at radius 1 is 1.50 bits per heavy atom. The lowest BCUT2D eigenvalue weighted by molar-refractivity contribution is 0.0690. The van der Waals surface area contributed by atoms with E-state index in [1.807, 2.05) is 0 Å². The first-order valence-corrected chi connectivity index (χ1v) is 4.60. The summed E-state index contributed by atoms with van der Waals surface area (Å²) >= 11 is 5.57. The van der Waals surface area contributed by atoms with Gasteiger partial charge >= 0.3 is 5.97 Å². The molecule has 6 heteroatoms. The fraction of sp³-hybridized carbons (Fsp3) is 0. The van der Waals surface area contributed by atoms with Crippen LogP contribution in [-0.4, -0.2) is 16.1 Å². The van der Waals surface area contributed by atoms with Crippen LogP contribution >= 0.6 is 11.6 Å². The van der Waals surface area contributed by atoms with Gasteiger partial charge in [-0.15, -0.1) is 0 Å². The molecule has 0 aliphatic carbocycles. The van der Waals surface area contributed by atoms with Gasteiger partial charge in [0.2, 0.25) is 5.89 Å². The van der Waals surface area contributed by atoms with Crippen LogP contribution in [0.5, 0.6) is 0 Å². The van der Waals surface area contributed by atoms with Crippen LogP contribution in [-0.2, 0) is 0 Å². The zero-order valence-electron chi connectivity index (χ0n) is 7.78. The zero-order chi connectivity index (χ0) is 11.7. The number of hydrogen-bond acceptors (Lipinski definition) is 3. The molecule has 0 aliphatic heterocycles. The van der Waals surface area contributed by atoms with Gasteiger partial charge < -0.3 is 9.52 Å². The highest BCUT2D eigenvalue weighted by Crippen LogP contribution is 2.24. The predicted molar refractivity (Wildman–Crippen MR) is 53.9 cm³/mol. The predicted octanol–water partition coefficient (Wildman–Crippen LogP) is 2.83. The first-order valence-electron chi connectivity index (χ1n) is 4.22. The summed E-state index contributed by atoms with van der Waals surface area (Å²) in [6.07, 6.45) is 0.950. The van der Waals surface area contributed by atoms with Crippen LogP contribution < -0.4 is 0 Å². The first-order chi connectivity index (χ1) is 7.58. The Hall–Kier alpha value is -1.88. The summed E-state index contributed by atoms with van der Waals surface area (Å²) in [5.41, 5.74) is -0.207. The van der Waals surface area contributed by atoms with Gasteiger partial charge in [0, 0.05) is 5.02 Å². The summed E-state index contributed by atoms with van der Waals surface area (Å²) < 4.78 is 18.3. The van der Waals surface area contributed by atoms with Crippen molar-refractivity contribution in [3.63, 3.8) is 0 Å². The molecule has 82 valence electrons. The molecule has 1 aromatic carbocycles. The molecule has 0 fully saturated rings. The van der Waals surface area contributed by atoms with Gasteiger partial charge in [0.25, 0.3) is 0 Å². The van der Waals surface area contributed by atoms with E-state index in [1.165, 1.54) is 12.1 Å². The number of benzene rings is 1. The van der Waals surface area contributed by atoms with Gasteiger partial charge in [0.05, 0.1) is 5.56 Å². The molecule has 0 amide bonds. The van der Waals surface area contributed by atoms with Crippen molar-refractivity contribution in [2.75, 3.05) is 0 Å². The topological polar surface area (TPSA) is 63.3 Å². The molecule has 1 aromatic heterocycles. The number of halogens is 2. The number of oxazole rings is 1. The molecule has 0 saturated carbocycles. The number of carboxylic acid groups (broad SMARTS) is 1. The van der Waals surface area contributed by atoms with E-state index in [9.17, 15) is 9.18 Å². The highest BCUT2D eigenvalue weighted by molar-refractivity contribution is 6.30. The summed E-state index contributed by atoms with van der Waals surface area (Å²) in [5, 5.41) is 8.86. The van der Waals surface area contributed by atoms with E-state index < -0.39 is 11.8 Å². The van der Waals surface area contributed by atoms with Crippen molar-refractivity contribution in [3.8, 4) is 11.5 Å². The molecule has 2 aromatic rings. The van der Waals surface area contributed by atoms with Crippen molar-refractivity contribution < 1.29 is 18.7 Å². The maximum atomic E-state index is 13.4. The zero-order valence-corrected chi connectivity index (χ0v) is 8.53. The van der Waals surface area contributed by atoms with Gasteiger partial charge in [0.15, 0.2) is 5.69 Å². The minimum absolute atomic E-state index is 0.0666. The molecule has 0 unspecified atom stereocenters. The normalized spacial score (nSPS) is 10.4. The van der Waals surface area contributed by atoms with E-state index >= 15 is 0 Å². The second kappa shape index (κ2) is 3.94. The summed E-state index contributed by atoms with van der Waals surface area (Å²) in [7, 11) is 0. The van der Waals surface area contributed by atoms with Gasteiger partial charge in [-0.1, -0.05) is 11.6 Å². The van der Waals surface area contributed by atoms with Crippen LogP contribution in [0.15, 0.2) is 28.9 Å². The van der Waals surface area contributed by atoms with Crippen LogP contribution in [0, 0.1) is 5.82 Å². The molecule has 2 rings (SSSR count). The molecule has 0 aliphatic rings. The Labute approximate surface area is 94.3 Å². The average Bonchev–Trinajstić information content (AvgIpc) is 2.66. The molecule has 0 saturated heterocycles. The van der Waals surface area contributed by atoms with Crippen LogP contribution in [0.2, 0.25) is 5.02 Å². The Morgan fingerprint density at radius 2 is 2.25 bits per heavy atom. The first kappa shape index (κ1) is 10.6. The van der Waals surface area contributed by atoms with Crippen LogP contribution in [0.4, 0.5) is 4.39 Å². The standard InChI is InChI=1S/C10H5ClFNO3/c11-5-1-2-6(7(12)3-5)9-13-8(4-16-9)10(14)15/h1-4H,(H,14,15). The molecule has 1 N–H and O–H groups in total. The number of carboxylic acids is 1. The minimum atomic E-state index is -1.23. The molecule has 0 bridgehead atoms. The smallest absolute Gasteiger partial charge is 0.357 e. The van der Waals surface area contributed by atoms with Crippen LogP contribution in [0.25, 0.3) is 11.5 Å². The molecule has 16 heavy (non-hydrogen) atoms. The maximum Gasteiger partial charge on any atom is 0.357 e. The van der Waals surface area contributed by atoms with Crippen molar-refractivity contribution in [2.24, 2.45) is 0 Å². The quantitative estimate of drug-likeness (QED) is 0.878. The van der Waals surface area contributed by atoms with Gasteiger partial charge in [-0.2, -0.15) is 0 Å². The van der Waals surface area contributed by atoms with E-state index in [4.69, 9.17) is 21.1 Å². The van der Waals surface area contributed by atoms with Crippen molar-refractivity contribution >= 4 is 17.6 Å². The molecular weight excluding hydrogens is 237 g/mol. The van der Waals surface area contributed by atoms with Crippen molar-refractivity contribution in [2.45, 2.75) is 0 Å². The van der Waals surface area contributed by atoms with Gasteiger partial charge in [-0.25, -0.2) is 14.2 Å². The van der Waals surface area contributed by atoms with Crippen molar-refractivity contribution in [3.05, 3.63) is 41.0 Å². The highest BCUT2D eigenvalue weighted by atomic mass is 35.5. The number of carbonyl (C=O) groups is 1. The third-order valence-electron chi connectivity index (χ3n) is 1.88. The second-order valence-electron chi connectivity index (χ2n) is 2.97. The molecule has 1 heterocycles. The van der Waals surface area contributed by atoms with Gasteiger partial charge in [-0.3, -0.25) is 0 Å². The Kier molecular flexibility index (Phi) is 2.62. The van der Waals surface area contributed by atoms with Gasteiger partial charge in [-0.05, 0) is 18.2 Å². The number of rotatable bonds is 2. The van der Waals surface area contributed by atoms with Crippen LogP contribution in [0.3, 0.4) is 0 Å². The monoisotopic (exact) mass is 241 g/mol. The van der Waals surface area contributed by atoms with Crippen LogP contribution in [0.1, 0.15) is 10.5 Å². The Bertz CT molecular complexity index is 553. The van der Waals surface area contributed by atoms with E-state index in [0.29, 0.717) is 0 Å². The summed E-state index contributed by atoms with van der Waals surface area (Å²) in [4.78, 5) is 14.2. The van der Waals surface area contributed by atoms with Crippen molar-refractivity contribution in [1.29, 1.82) is 0 Å². The third-order valence-corrected chi connectivity index (χ3v) is 2.12. The Morgan fingerprint density at radius 3 is 2.81 bits per heavy atom. The van der Waals surface area contributed by atoms with E-state index in [0.717, 1.165) is 12.3 Å². The summed E-state index contributed by atoms with van der Waals surface area (Å²) in [5.74, 6) is -1.94. The largest absolute Gasteiger partial charge is 0.476 e. The Balaban J connectivity index is 2.46. The average molecular weight is 242 g/mol. The molecule has 0 spiro atoms. The summed E-state index contributed by atoms with van der Waals surface area (Å²) in [6.45, 7) is 0. The molecular formula is C10H5ClFNO3. The van der Waals surface area contributed by atoms with E-state index in [1.54, 1.807) is 0 Å². The second-order valence-corrected chi connectivity index (χ2v) is 3.40. The number of hydrogen-bond donors (Lipinski definition) is 1. The van der Waals surface area contributed by atoms with Gasteiger partial charge in [0.1, 0.15) is 12.1 Å².